The monoisotopic (exact) mass is 488 g/mol. The van der Waals surface area contributed by atoms with Gasteiger partial charge < -0.3 is 0 Å². The molecule has 0 saturated heterocycles. The summed E-state index contributed by atoms with van der Waals surface area (Å²) in [6, 6.07) is 0. The Hall–Kier alpha value is 0.840. The number of halogens is 1. The van der Waals surface area contributed by atoms with E-state index in [-0.39, 0.29) is 42.6 Å². The second-order valence-electron chi connectivity index (χ2n) is 9.23. The molecular formula is C26H54FNaO3S. The van der Waals surface area contributed by atoms with E-state index in [2.05, 4.69) is 13.8 Å². The van der Waals surface area contributed by atoms with Crippen LogP contribution in [0.4, 0.5) is 4.39 Å². The van der Waals surface area contributed by atoms with Crippen LogP contribution in [-0.4, -0.2) is 50.1 Å². The maximum absolute atomic E-state index is 14.0. The fraction of sp³-hybridized carbons (Fsp3) is 1.00. The van der Waals surface area contributed by atoms with E-state index in [1.165, 1.54) is 96.3 Å². The van der Waals surface area contributed by atoms with Crippen LogP contribution in [0.1, 0.15) is 155 Å². The number of alkyl halides is 1. The van der Waals surface area contributed by atoms with Crippen LogP contribution in [0, 0.1) is 0 Å². The standard InChI is InChI=1S/C26H53FO3S.Na.H/c1-3-5-7-9-11-13-14-15-17-19-21-23-25-30-31(28,29)26(27)24-22-20-18-16-12-10-8-6-4-2;;/h26H,3-25H2,1-2H3;;. The van der Waals surface area contributed by atoms with Gasteiger partial charge in [-0.05, 0) is 19.3 Å². The molecule has 0 aliphatic heterocycles. The fourth-order valence-corrected chi connectivity index (χ4v) is 4.90. The maximum atomic E-state index is 14.0. The third-order valence-electron chi connectivity index (χ3n) is 6.09. The summed E-state index contributed by atoms with van der Waals surface area (Å²) < 4.78 is 42.7. The molecule has 0 aromatic carbocycles. The summed E-state index contributed by atoms with van der Waals surface area (Å²) in [5.74, 6) is 0. The topological polar surface area (TPSA) is 43.4 Å². The molecule has 1 unspecified atom stereocenters. The molecule has 0 amide bonds. The predicted octanol–water partition coefficient (Wildman–Crippen LogP) is 8.60. The summed E-state index contributed by atoms with van der Waals surface area (Å²) in [5, 5.41) is 0. The summed E-state index contributed by atoms with van der Waals surface area (Å²) >= 11 is 0. The molecule has 0 saturated carbocycles. The molecule has 3 nitrogen and oxygen atoms in total. The molecule has 1 atom stereocenters. The van der Waals surface area contributed by atoms with Crippen LogP contribution in [0.5, 0.6) is 0 Å². The van der Waals surface area contributed by atoms with Gasteiger partial charge >= 0.3 is 29.6 Å². The van der Waals surface area contributed by atoms with Crippen LogP contribution in [0.3, 0.4) is 0 Å². The van der Waals surface area contributed by atoms with Gasteiger partial charge in [0.1, 0.15) is 0 Å². The Morgan fingerprint density at radius 1 is 0.562 bits per heavy atom. The van der Waals surface area contributed by atoms with E-state index in [1.807, 2.05) is 0 Å². The first-order valence-electron chi connectivity index (χ1n) is 13.6. The molecule has 6 heteroatoms. The van der Waals surface area contributed by atoms with Gasteiger partial charge in [-0.2, -0.15) is 8.42 Å². The van der Waals surface area contributed by atoms with Crippen molar-refractivity contribution >= 4 is 39.7 Å². The molecule has 0 aliphatic carbocycles. The number of hydrogen-bond acceptors (Lipinski definition) is 3. The molecular weight excluding hydrogens is 434 g/mol. The molecule has 0 aromatic heterocycles. The summed E-state index contributed by atoms with van der Waals surface area (Å²) in [4.78, 5) is 0. The van der Waals surface area contributed by atoms with Crippen molar-refractivity contribution in [2.24, 2.45) is 0 Å². The van der Waals surface area contributed by atoms with Gasteiger partial charge in [-0.1, -0.05) is 136 Å². The SMILES string of the molecule is CCCCCCCCCCCCCCOS(=O)(=O)C(F)CCCCCCCCCCC.[NaH]. The Kier molecular flexibility index (Phi) is 28.9. The Balaban J connectivity index is 0. The van der Waals surface area contributed by atoms with Crippen LogP contribution in [0.15, 0.2) is 0 Å². The zero-order valence-electron chi connectivity index (χ0n) is 20.9. The zero-order chi connectivity index (χ0) is 23.0. The van der Waals surface area contributed by atoms with E-state index >= 15 is 0 Å². The van der Waals surface area contributed by atoms with E-state index in [9.17, 15) is 12.8 Å². The van der Waals surface area contributed by atoms with Gasteiger partial charge in [-0.25, -0.2) is 4.39 Å². The minimum absolute atomic E-state index is 0. The molecule has 0 heterocycles. The molecule has 0 N–H and O–H groups in total. The van der Waals surface area contributed by atoms with Gasteiger partial charge in [0.2, 0.25) is 5.50 Å². The molecule has 0 bridgehead atoms. The molecule has 32 heavy (non-hydrogen) atoms. The van der Waals surface area contributed by atoms with Gasteiger partial charge in [0.15, 0.2) is 0 Å². The first-order valence-corrected chi connectivity index (χ1v) is 15.0. The van der Waals surface area contributed by atoms with Crippen molar-refractivity contribution in [1.29, 1.82) is 0 Å². The molecule has 0 aromatic rings. The normalized spacial score (nSPS) is 12.6. The van der Waals surface area contributed by atoms with E-state index in [4.69, 9.17) is 4.18 Å². The summed E-state index contributed by atoms with van der Waals surface area (Å²) in [6.07, 6.45) is 24.8. The van der Waals surface area contributed by atoms with Crippen molar-refractivity contribution in [2.45, 2.75) is 161 Å². The van der Waals surface area contributed by atoms with Gasteiger partial charge in [0.25, 0.3) is 10.1 Å². The first-order chi connectivity index (χ1) is 15.0. The van der Waals surface area contributed by atoms with Crippen molar-refractivity contribution in [3.05, 3.63) is 0 Å². The van der Waals surface area contributed by atoms with Gasteiger partial charge in [0, 0.05) is 0 Å². The van der Waals surface area contributed by atoms with Gasteiger partial charge in [-0.3, -0.25) is 4.18 Å². The van der Waals surface area contributed by atoms with Gasteiger partial charge in [0.05, 0.1) is 6.61 Å². The van der Waals surface area contributed by atoms with E-state index in [1.54, 1.807) is 0 Å². The Morgan fingerprint density at radius 2 is 0.875 bits per heavy atom. The fourth-order valence-electron chi connectivity index (χ4n) is 3.95. The molecule has 190 valence electrons. The minimum atomic E-state index is -4.05. The van der Waals surface area contributed by atoms with Crippen LogP contribution < -0.4 is 0 Å². The summed E-state index contributed by atoms with van der Waals surface area (Å²) in [5.41, 5.74) is -1.87. The molecule has 0 radical (unpaired) electrons. The second-order valence-corrected chi connectivity index (χ2v) is 11.0. The van der Waals surface area contributed by atoms with Crippen molar-refractivity contribution < 1.29 is 17.0 Å². The Bertz CT molecular complexity index is 460. The van der Waals surface area contributed by atoms with E-state index < -0.39 is 15.6 Å². The third-order valence-corrected chi connectivity index (χ3v) is 7.45. The van der Waals surface area contributed by atoms with Crippen molar-refractivity contribution in [1.82, 2.24) is 0 Å². The van der Waals surface area contributed by atoms with Crippen LogP contribution >= 0.6 is 0 Å². The summed E-state index contributed by atoms with van der Waals surface area (Å²) in [7, 11) is -4.05. The number of rotatable bonds is 25. The van der Waals surface area contributed by atoms with E-state index in [0.717, 1.165) is 25.7 Å². The van der Waals surface area contributed by atoms with Gasteiger partial charge in [-0.15, -0.1) is 0 Å². The van der Waals surface area contributed by atoms with E-state index in [0.29, 0.717) is 12.8 Å². The number of unbranched alkanes of at least 4 members (excludes halogenated alkanes) is 19. The van der Waals surface area contributed by atoms with Crippen LogP contribution in [0.2, 0.25) is 0 Å². The molecule has 0 fully saturated rings. The van der Waals surface area contributed by atoms with Crippen molar-refractivity contribution in [2.75, 3.05) is 6.61 Å². The Labute approximate surface area is 222 Å². The Morgan fingerprint density at radius 3 is 1.25 bits per heavy atom. The first kappa shape index (κ1) is 35.0. The molecule has 0 aliphatic rings. The van der Waals surface area contributed by atoms with Crippen molar-refractivity contribution in [3.63, 3.8) is 0 Å². The van der Waals surface area contributed by atoms with Crippen LogP contribution in [-0.2, 0) is 14.3 Å². The average molecular weight is 489 g/mol. The quantitative estimate of drug-likeness (QED) is 0.0734. The predicted molar refractivity (Wildman–Crippen MR) is 140 cm³/mol. The molecule has 0 rings (SSSR count). The average Bonchev–Trinajstić information content (AvgIpc) is 2.75. The summed E-state index contributed by atoms with van der Waals surface area (Å²) in [6.45, 7) is 4.58. The second kappa shape index (κ2) is 26.4. The van der Waals surface area contributed by atoms with Crippen molar-refractivity contribution in [3.8, 4) is 0 Å². The molecule has 0 spiro atoms. The van der Waals surface area contributed by atoms with Crippen LogP contribution in [0.25, 0.3) is 0 Å². The third kappa shape index (κ3) is 24.0. The number of hydrogen-bond donors (Lipinski definition) is 0. The zero-order valence-corrected chi connectivity index (χ0v) is 21.7.